The molecule has 0 spiro atoms. The number of carbonyl (C=O) groups excluding carboxylic acids is 2. The molecule has 1 unspecified atom stereocenters. The van der Waals surface area contributed by atoms with Gasteiger partial charge in [-0.25, -0.2) is 9.37 Å². The summed E-state index contributed by atoms with van der Waals surface area (Å²) in [6.07, 6.45) is 0. The van der Waals surface area contributed by atoms with Gasteiger partial charge in [0.05, 0.1) is 41.6 Å². The third-order valence-electron chi connectivity index (χ3n) is 5.84. The molecule has 1 atom stereocenters. The van der Waals surface area contributed by atoms with E-state index in [0.29, 0.717) is 26.6 Å². The third kappa shape index (κ3) is 3.96. The van der Waals surface area contributed by atoms with E-state index in [9.17, 15) is 19.1 Å². The lowest BCUT2D eigenvalue weighted by Crippen LogP contribution is -2.29. The number of benzene rings is 3. The number of methoxy groups -OCH3 is 2. The molecule has 3 aromatic carbocycles. The number of hydrogen-bond donors (Lipinski definition) is 1. The van der Waals surface area contributed by atoms with Crippen LogP contribution in [0.3, 0.4) is 0 Å². The van der Waals surface area contributed by atoms with Crippen molar-refractivity contribution >= 4 is 55.7 Å². The highest BCUT2D eigenvalue weighted by Gasteiger charge is 2.48. The number of thiazole rings is 1. The number of aliphatic hydroxyl groups excluding tert-OH is 1. The van der Waals surface area contributed by atoms with Crippen molar-refractivity contribution in [1.82, 2.24) is 4.98 Å². The molecule has 0 bridgehead atoms. The average molecular weight is 525 g/mol. The molecule has 2 heterocycles. The van der Waals surface area contributed by atoms with Crippen LogP contribution in [0.1, 0.15) is 17.2 Å². The van der Waals surface area contributed by atoms with E-state index in [0.717, 1.165) is 11.3 Å². The van der Waals surface area contributed by atoms with Crippen molar-refractivity contribution in [2.45, 2.75) is 6.04 Å². The van der Waals surface area contributed by atoms with Gasteiger partial charge in [0.2, 0.25) is 0 Å². The normalized spacial score (nSPS) is 17.1. The van der Waals surface area contributed by atoms with Crippen LogP contribution in [0.4, 0.5) is 9.52 Å². The summed E-state index contributed by atoms with van der Waals surface area (Å²) in [7, 11) is 2.94. The standard InChI is InChI=1S/C26H18ClFN2O5S/c1-34-16-7-3-13(4-8-16)22-21(23(31)17-11-14(27)5-10-19(17)35-2)24(32)25(33)30(22)26-29-18-9-6-15(28)12-20(18)36-26/h3-12,22,31H,1-2H3/b23-21+. The number of hydrogen-bond acceptors (Lipinski definition) is 7. The Balaban J connectivity index is 1.75. The third-order valence-corrected chi connectivity index (χ3v) is 7.09. The predicted octanol–water partition coefficient (Wildman–Crippen LogP) is 5.73. The van der Waals surface area contributed by atoms with E-state index in [1.165, 1.54) is 43.4 Å². The first-order valence-corrected chi connectivity index (χ1v) is 11.9. The van der Waals surface area contributed by atoms with Crippen LogP contribution in [-0.2, 0) is 9.59 Å². The summed E-state index contributed by atoms with van der Waals surface area (Å²) in [4.78, 5) is 32.4. The van der Waals surface area contributed by atoms with Crippen LogP contribution in [0.15, 0.2) is 66.2 Å². The van der Waals surface area contributed by atoms with Crippen LogP contribution in [0.2, 0.25) is 5.02 Å². The van der Waals surface area contributed by atoms with E-state index in [-0.39, 0.29) is 22.0 Å². The van der Waals surface area contributed by atoms with Gasteiger partial charge in [0.15, 0.2) is 5.13 Å². The summed E-state index contributed by atoms with van der Waals surface area (Å²) in [5.41, 5.74) is 1.01. The molecule has 1 amide bonds. The molecule has 0 aliphatic carbocycles. The molecule has 1 N–H and O–H groups in total. The maximum Gasteiger partial charge on any atom is 0.301 e. The van der Waals surface area contributed by atoms with Gasteiger partial charge in [0.1, 0.15) is 23.1 Å². The van der Waals surface area contributed by atoms with Gasteiger partial charge in [0.25, 0.3) is 5.78 Å². The molecular weight excluding hydrogens is 507 g/mol. The first kappa shape index (κ1) is 23.8. The lowest BCUT2D eigenvalue weighted by Gasteiger charge is -2.23. The number of Topliss-reactive ketones (excluding diaryl/α,β-unsaturated/α-hetero) is 1. The number of aliphatic hydroxyl groups is 1. The number of amides is 1. The molecule has 7 nitrogen and oxygen atoms in total. The molecular formula is C26H18ClFN2O5S. The van der Waals surface area contributed by atoms with E-state index in [1.54, 1.807) is 36.4 Å². The van der Waals surface area contributed by atoms with Crippen LogP contribution < -0.4 is 14.4 Å². The number of anilines is 1. The molecule has 36 heavy (non-hydrogen) atoms. The number of ether oxygens (including phenoxy) is 2. The summed E-state index contributed by atoms with van der Waals surface area (Å²) >= 11 is 7.22. The molecule has 5 rings (SSSR count). The Morgan fingerprint density at radius 1 is 1.06 bits per heavy atom. The van der Waals surface area contributed by atoms with Gasteiger partial charge in [-0.2, -0.15) is 0 Å². The minimum atomic E-state index is -1.02. The van der Waals surface area contributed by atoms with Gasteiger partial charge in [-0.3, -0.25) is 14.5 Å². The monoisotopic (exact) mass is 524 g/mol. The first-order valence-electron chi connectivity index (χ1n) is 10.7. The summed E-state index contributed by atoms with van der Waals surface area (Å²) in [6.45, 7) is 0. The molecule has 0 radical (unpaired) electrons. The molecule has 0 saturated carbocycles. The summed E-state index contributed by atoms with van der Waals surface area (Å²) in [5, 5.41) is 11.9. The van der Waals surface area contributed by atoms with E-state index >= 15 is 0 Å². The van der Waals surface area contributed by atoms with Crippen molar-refractivity contribution in [3.8, 4) is 11.5 Å². The number of halogens is 2. The van der Waals surface area contributed by atoms with Crippen LogP contribution in [-0.4, -0.2) is 36.0 Å². The number of ketones is 1. The second-order valence-corrected chi connectivity index (χ2v) is 9.34. The topological polar surface area (TPSA) is 89.0 Å². The van der Waals surface area contributed by atoms with E-state index in [4.69, 9.17) is 21.1 Å². The van der Waals surface area contributed by atoms with Gasteiger partial charge in [-0.05, 0) is 54.1 Å². The maximum atomic E-state index is 13.8. The fourth-order valence-corrected chi connectivity index (χ4v) is 5.32. The van der Waals surface area contributed by atoms with E-state index in [2.05, 4.69) is 4.98 Å². The zero-order chi connectivity index (χ0) is 25.6. The highest BCUT2D eigenvalue weighted by atomic mass is 35.5. The molecule has 182 valence electrons. The lowest BCUT2D eigenvalue weighted by molar-refractivity contribution is -0.132. The first-order chi connectivity index (χ1) is 17.3. The van der Waals surface area contributed by atoms with Crippen molar-refractivity contribution in [3.05, 3.63) is 88.2 Å². The van der Waals surface area contributed by atoms with Crippen LogP contribution in [0.5, 0.6) is 11.5 Å². The van der Waals surface area contributed by atoms with Crippen molar-refractivity contribution in [3.63, 3.8) is 0 Å². The molecule has 10 heteroatoms. The number of nitrogens with zero attached hydrogens (tertiary/aromatic N) is 2. The largest absolute Gasteiger partial charge is 0.507 e. The van der Waals surface area contributed by atoms with Crippen molar-refractivity contribution in [1.29, 1.82) is 0 Å². The van der Waals surface area contributed by atoms with E-state index in [1.807, 2.05) is 0 Å². The zero-order valence-electron chi connectivity index (χ0n) is 19.0. The number of fused-ring (bicyclic) bond motifs is 1. The van der Waals surface area contributed by atoms with Crippen LogP contribution in [0, 0.1) is 5.82 Å². The minimum absolute atomic E-state index is 0.156. The van der Waals surface area contributed by atoms with Gasteiger partial charge < -0.3 is 14.6 Å². The Labute approximate surface area is 214 Å². The predicted molar refractivity (Wildman–Crippen MR) is 135 cm³/mol. The molecule has 1 saturated heterocycles. The quantitative estimate of drug-likeness (QED) is 0.204. The number of rotatable bonds is 5. The molecule has 4 aromatic rings. The Morgan fingerprint density at radius 2 is 1.81 bits per heavy atom. The Hall–Kier alpha value is -3.95. The van der Waals surface area contributed by atoms with Crippen molar-refractivity contribution in [2.24, 2.45) is 0 Å². The fraction of sp³-hybridized carbons (Fsp3) is 0.115. The lowest BCUT2D eigenvalue weighted by atomic mass is 9.95. The van der Waals surface area contributed by atoms with Gasteiger partial charge in [-0.1, -0.05) is 35.1 Å². The zero-order valence-corrected chi connectivity index (χ0v) is 20.6. The Morgan fingerprint density at radius 3 is 2.50 bits per heavy atom. The van der Waals surface area contributed by atoms with Gasteiger partial charge in [0, 0.05) is 5.02 Å². The van der Waals surface area contributed by atoms with Crippen molar-refractivity contribution < 1.29 is 28.6 Å². The highest BCUT2D eigenvalue weighted by molar-refractivity contribution is 7.22. The molecule has 1 aliphatic heterocycles. The SMILES string of the molecule is COc1ccc(C2/C(=C(\O)c3cc(Cl)ccc3OC)C(=O)C(=O)N2c2nc3ccc(F)cc3s2)cc1. The Bertz CT molecular complexity index is 1550. The number of aromatic nitrogens is 1. The van der Waals surface area contributed by atoms with Crippen LogP contribution in [0.25, 0.3) is 16.0 Å². The van der Waals surface area contributed by atoms with Crippen LogP contribution >= 0.6 is 22.9 Å². The summed E-state index contributed by atoms with van der Waals surface area (Å²) < 4.78 is 24.9. The van der Waals surface area contributed by atoms with Crippen molar-refractivity contribution in [2.75, 3.05) is 19.1 Å². The molecule has 1 fully saturated rings. The maximum absolute atomic E-state index is 13.8. The minimum Gasteiger partial charge on any atom is -0.507 e. The highest BCUT2D eigenvalue weighted by Crippen LogP contribution is 2.45. The average Bonchev–Trinajstić information content (AvgIpc) is 3.41. The summed E-state index contributed by atoms with van der Waals surface area (Å²) in [5.74, 6) is -1.82. The molecule has 1 aliphatic rings. The fourth-order valence-electron chi connectivity index (χ4n) is 4.13. The Kier molecular flexibility index (Phi) is 6.11. The number of carbonyl (C=O) groups is 2. The smallest absolute Gasteiger partial charge is 0.301 e. The van der Waals surface area contributed by atoms with Gasteiger partial charge in [-0.15, -0.1) is 0 Å². The molecule has 1 aromatic heterocycles. The summed E-state index contributed by atoms with van der Waals surface area (Å²) in [6, 6.07) is 14.4. The van der Waals surface area contributed by atoms with E-state index < -0.39 is 29.3 Å². The second kappa shape index (κ2) is 9.25. The van der Waals surface area contributed by atoms with Gasteiger partial charge >= 0.3 is 5.91 Å². The second-order valence-electron chi connectivity index (χ2n) is 7.90.